The minimum atomic E-state index is -1.75. The molecule has 0 saturated heterocycles. The van der Waals surface area contributed by atoms with Gasteiger partial charge in [-0.3, -0.25) is 0 Å². The summed E-state index contributed by atoms with van der Waals surface area (Å²) in [5.41, 5.74) is 0. The van der Waals surface area contributed by atoms with Crippen LogP contribution in [-0.2, 0) is 16.5 Å². The van der Waals surface area contributed by atoms with Gasteiger partial charge in [0.15, 0.2) is 0 Å². The van der Waals surface area contributed by atoms with Crippen molar-refractivity contribution in [3.8, 4) is 0 Å². The zero-order chi connectivity index (χ0) is 3.58. The van der Waals surface area contributed by atoms with Crippen molar-refractivity contribution >= 4 is 0 Å². The van der Waals surface area contributed by atoms with Crippen LogP contribution in [0.2, 0.25) is 0 Å². The molecule has 0 aliphatic heterocycles. The summed E-state index contributed by atoms with van der Waals surface area (Å²) in [5.74, 6) is 0. The van der Waals surface area contributed by atoms with Crippen LogP contribution in [0.1, 0.15) is 1.43 Å². The predicted molar refractivity (Wildman–Crippen MR) is 11.5 cm³/mol. The van der Waals surface area contributed by atoms with E-state index in [4.69, 9.17) is 15.3 Å². The number of hydrogen-bond donors (Lipinski definition) is 0. The summed E-state index contributed by atoms with van der Waals surface area (Å²) in [7, 11) is 0. The van der Waals surface area contributed by atoms with Crippen LogP contribution in [0.4, 0.5) is 0 Å². The fraction of sp³-hybridized carbons (Fsp3) is 0. The van der Waals surface area contributed by atoms with E-state index in [-0.39, 0.29) is 47.5 Å². The van der Waals surface area contributed by atoms with Crippen LogP contribution in [-0.4, -0.2) is 5.09 Å². The van der Waals surface area contributed by atoms with Crippen molar-refractivity contribution in [1.29, 1.82) is 0 Å². The average Bonchev–Trinajstić information content (AvgIpc) is 0.811. The first kappa shape index (κ1) is 15.9. The molecule has 0 saturated carbocycles. The van der Waals surface area contributed by atoms with Crippen molar-refractivity contribution in [3.05, 3.63) is 15.3 Å². The average molecular weight is 145 g/mol. The fourth-order valence-corrected chi connectivity index (χ4v) is 0. The molecule has 0 N–H and O–H groups in total. The van der Waals surface area contributed by atoms with Gasteiger partial charge in [0.2, 0.25) is 0 Å². The number of nitrogens with zero attached hydrogens (tertiary/aromatic N) is 1. The minimum Gasteiger partial charge on any atom is -1.00 e. The van der Waals surface area contributed by atoms with Gasteiger partial charge < -0.3 is 16.7 Å². The molecule has 0 aliphatic rings. The van der Waals surface area contributed by atoms with E-state index in [1.807, 2.05) is 0 Å². The van der Waals surface area contributed by atoms with E-state index in [9.17, 15) is 0 Å². The molecule has 0 spiro atoms. The van der Waals surface area contributed by atoms with Crippen LogP contribution in [0, 0.1) is 15.3 Å². The van der Waals surface area contributed by atoms with Gasteiger partial charge in [0.05, 0.1) is 5.09 Å². The molecule has 6 heteroatoms. The Hall–Kier alpha value is 0.694. The van der Waals surface area contributed by atoms with Gasteiger partial charge in [-0.05, 0) is 0 Å². The fourth-order valence-electron chi connectivity index (χ4n) is 0. The Bertz CT molecular complexity index is 37.9. The number of rotatable bonds is 0. The van der Waals surface area contributed by atoms with Gasteiger partial charge in [-0.2, -0.15) is 0 Å². The first-order chi connectivity index (χ1) is 1.73. The van der Waals surface area contributed by atoms with Gasteiger partial charge in [0, 0.05) is 16.5 Å². The Morgan fingerprint density at radius 1 is 1.50 bits per heavy atom. The van der Waals surface area contributed by atoms with Crippen LogP contribution in [0.3, 0.4) is 0 Å². The van der Waals surface area contributed by atoms with Crippen molar-refractivity contribution in [2.45, 2.75) is 0 Å². The largest absolute Gasteiger partial charge is 1.00 e. The maximum atomic E-state index is 8.25. The zero-order valence-corrected chi connectivity index (χ0v) is 5.98. The molecule has 6 heavy (non-hydrogen) atoms. The maximum absolute atomic E-state index is 8.25. The third-order valence-electron chi connectivity index (χ3n) is 0. The van der Waals surface area contributed by atoms with Crippen molar-refractivity contribution in [2.24, 2.45) is 0 Å². The second kappa shape index (κ2) is 9.19. The van der Waals surface area contributed by atoms with Crippen LogP contribution >= 0.6 is 0 Å². The van der Waals surface area contributed by atoms with E-state index in [1.54, 1.807) is 0 Å². The molecular formula is HNNaNiO3-. The summed E-state index contributed by atoms with van der Waals surface area (Å²) in [6.45, 7) is 0. The van der Waals surface area contributed by atoms with E-state index < -0.39 is 5.09 Å². The van der Waals surface area contributed by atoms with Crippen molar-refractivity contribution < 1.29 is 52.6 Å². The Balaban J connectivity index is -0.0000000150. The second-order valence-corrected chi connectivity index (χ2v) is 0.224. The van der Waals surface area contributed by atoms with Gasteiger partial charge in [-0.25, -0.2) is 0 Å². The van der Waals surface area contributed by atoms with E-state index in [0.717, 1.165) is 0 Å². The van der Waals surface area contributed by atoms with Crippen LogP contribution in [0.15, 0.2) is 0 Å². The maximum Gasteiger partial charge on any atom is 1.00 e. The molecule has 4 nitrogen and oxygen atoms in total. The molecule has 0 fully saturated rings. The Morgan fingerprint density at radius 3 is 1.50 bits per heavy atom. The minimum absolute atomic E-state index is 0. The Kier molecular flexibility index (Phi) is 24.4. The molecule has 36 valence electrons. The molecule has 0 unspecified atom stereocenters. The van der Waals surface area contributed by atoms with Crippen LogP contribution in [0.5, 0.6) is 0 Å². The molecule has 0 atom stereocenters. The van der Waals surface area contributed by atoms with Gasteiger partial charge in [-0.15, -0.1) is 0 Å². The third kappa shape index (κ3) is 133. The smallest absolute Gasteiger partial charge is 1.00 e. The molecule has 0 aromatic carbocycles. The monoisotopic (exact) mass is 144 g/mol. The third-order valence-corrected chi connectivity index (χ3v) is 0. The summed E-state index contributed by atoms with van der Waals surface area (Å²) in [5, 5.41) is 14.8. The van der Waals surface area contributed by atoms with E-state index in [2.05, 4.69) is 0 Å². The van der Waals surface area contributed by atoms with Crippen molar-refractivity contribution in [2.75, 3.05) is 0 Å². The summed E-state index contributed by atoms with van der Waals surface area (Å²) in [6.07, 6.45) is 0. The second-order valence-electron chi connectivity index (χ2n) is 0.224. The number of hydrogen-bond acceptors (Lipinski definition) is 3. The molecule has 0 aromatic rings. The molecule has 0 aromatic heterocycles. The topological polar surface area (TPSA) is 66.2 Å². The standard InChI is InChI=1S/NO3.Na.Ni.H/c2-1(3)4;;;/q-1;+1;;-1. The summed E-state index contributed by atoms with van der Waals surface area (Å²) in [4.78, 5) is 8.25. The molecule has 0 rings (SSSR count). The Labute approximate surface area is 67.7 Å². The van der Waals surface area contributed by atoms with Gasteiger partial charge in [0.1, 0.15) is 0 Å². The molecule has 0 amide bonds. The molecule has 0 radical (unpaired) electrons. The summed E-state index contributed by atoms with van der Waals surface area (Å²) >= 11 is 0. The van der Waals surface area contributed by atoms with Gasteiger partial charge in [0.25, 0.3) is 0 Å². The van der Waals surface area contributed by atoms with E-state index in [0.29, 0.717) is 0 Å². The van der Waals surface area contributed by atoms with E-state index in [1.165, 1.54) is 0 Å². The first-order valence-corrected chi connectivity index (χ1v) is 0.548. The van der Waals surface area contributed by atoms with Crippen molar-refractivity contribution in [1.82, 2.24) is 0 Å². The SMILES string of the molecule is O=[N+]([O-])[O-].[H-].[Na+].[Ni]. The molecule has 0 aliphatic carbocycles. The van der Waals surface area contributed by atoms with Crippen molar-refractivity contribution in [3.63, 3.8) is 0 Å². The zero-order valence-electron chi connectivity index (χ0n) is 3.99. The Morgan fingerprint density at radius 2 is 1.50 bits per heavy atom. The normalized spacial score (nSPS) is 4.00. The van der Waals surface area contributed by atoms with Crippen LogP contribution < -0.4 is 29.6 Å². The quantitative estimate of drug-likeness (QED) is 0.205. The van der Waals surface area contributed by atoms with Gasteiger partial charge >= 0.3 is 29.6 Å². The van der Waals surface area contributed by atoms with Crippen LogP contribution in [0.25, 0.3) is 0 Å². The molecule has 0 bridgehead atoms. The predicted octanol–water partition coefficient (Wildman–Crippen LogP) is -3.13. The summed E-state index contributed by atoms with van der Waals surface area (Å²) < 4.78 is 0. The van der Waals surface area contributed by atoms with E-state index >= 15 is 0 Å². The molecule has 0 heterocycles. The molecular weight excluding hydrogens is 144 g/mol. The first-order valence-electron chi connectivity index (χ1n) is 0.548. The summed E-state index contributed by atoms with van der Waals surface area (Å²) in [6, 6.07) is 0. The van der Waals surface area contributed by atoms with Gasteiger partial charge in [-0.1, -0.05) is 0 Å².